The number of phenolic OH excluding ortho intramolecular Hbond substituents is 1. The van der Waals surface area contributed by atoms with Crippen LogP contribution in [0.25, 0.3) is 0 Å². The van der Waals surface area contributed by atoms with E-state index in [-0.39, 0.29) is 38.5 Å². The van der Waals surface area contributed by atoms with Gasteiger partial charge in [-0.15, -0.1) is 0 Å². The molecule has 0 saturated heterocycles. The van der Waals surface area contributed by atoms with Crippen molar-refractivity contribution in [2.45, 2.75) is 26.2 Å². The number of phenols is 1. The summed E-state index contributed by atoms with van der Waals surface area (Å²) in [6, 6.07) is 5.12. The van der Waals surface area contributed by atoms with Crippen LogP contribution in [-0.2, 0) is 5.41 Å². The minimum absolute atomic E-state index is 0. The molecule has 0 unspecified atom stereocenters. The van der Waals surface area contributed by atoms with Gasteiger partial charge in [0.1, 0.15) is 5.75 Å². The van der Waals surface area contributed by atoms with Crippen molar-refractivity contribution in [2.24, 2.45) is 0 Å². The molecule has 0 amide bonds. The van der Waals surface area contributed by atoms with Crippen molar-refractivity contribution in [1.82, 2.24) is 0 Å². The molecular weight excluding hydrogens is 371 g/mol. The van der Waals surface area contributed by atoms with Gasteiger partial charge < -0.3 is 5.11 Å². The number of aldehydes is 1. The molecule has 0 saturated carbocycles. The normalized spacial score (nSPS) is 10.5. The fourth-order valence-electron chi connectivity index (χ4n) is 1.12. The topological polar surface area (TPSA) is 37.3 Å². The third-order valence-corrected chi connectivity index (χ3v) is 2.02. The van der Waals surface area contributed by atoms with E-state index >= 15 is 0 Å². The molecule has 0 heterocycles. The Morgan fingerprint density at radius 3 is 2.29 bits per heavy atom. The molecule has 1 N–H and O–H groups in total. The van der Waals surface area contributed by atoms with Crippen molar-refractivity contribution in [3.63, 3.8) is 0 Å². The first-order chi connectivity index (χ1) is 5.95. The second-order valence-electron chi connectivity index (χ2n) is 4.14. The van der Waals surface area contributed by atoms with E-state index in [0.717, 1.165) is 5.56 Å². The molecule has 0 spiro atoms. The molecule has 3 heteroatoms. The fourth-order valence-corrected chi connectivity index (χ4v) is 1.12. The first kappa shape index (κ1) is 13.6. The monoisotopic (exact) mass is 388 g/mol. The molecule has 1 rings (SSSR count). The molecular formula is C11H16O2Pb. The second kappa shape index (κ2) is 4.91. The van der Waals surface area contributed by atoms with Crippen LogP contribution in [0.3, 0.4) is 0 Å². The van der Waals surface area contributed by atoms with Crippen molar-refractivity contribution < 1.29 is 9.90 Å². The van der Waals surface area contributed by atoms with Gasteiger partial charge in [-0.2, -0.15) is 0 Å². The van der Waals surface area contributed by atoms with E-state index in [1.54, 1.807) is 12.1 Å². The van der Waals surface area contributed by atoms with Gasteiger partial charge in [0.2, 0.25) is 0 Å². The summed E-state index contributed by atoms with van der Waals surface area (Å²) in [4.78, 5) is 10.5. The van der Waals surface area contributed by atoms with Crippen molar-refractivity contribution in [3.8, 4) is 5.75 Å². The SMILES string of the molecule is CC(C)(C)c1ccc(O)c(C=O)c1.[PbH2]. The van der Waals surface area contributed by atoms with Crippen molar-refractivity contribution in [1.29, 1.82) is 0 Å². The van der Waals surface area contributed by atoms with Gasteiger partial charge in [-0.3, -0.25) is 4.79 Å². The van der Waals surface area contributed by atoms with Gasteiger partial charge in [0, 0.05) is 0 Å². The van der Waals surface area contributed by atoms with Crippen LogP contribution < -0.4 is 0 Å². The summed E-state index contributed by atoms with van der Waals surface area (Å²) in [7, 11) is 0. The number of rotatable bonds is 1. The molecule has 0 aliphatic rings. The zero-order valence-corrected chi connectivity index (χ0v) is 14.4. The molecule has 1 aromatic rings. The van der Waals surface area contributed by atoms with Crippen LogP contribution >= 0.6 is 0 Å². The average Bonchev–Trinajstić information content (AvgIpc) is 2.03. The van der Waals surface area contributed by atoms with E-state index in [4.69, 9.17) is 0 Å². The summed E-state index contributed by atoms with van der Waals surface area (Å²) >= 11 is 0. The summed E-state index contributed by atoms with van der Waals surface area (Å²) in [5.74, 6) is 0.0444. The van der Waals surface area contributed by atoms with Crippen molar-refractivity contribution in [3.05, 3.63) is 29.3 Å². The van der Waals surface area contributed by atoms with Crippen LogP contribution in [0.2, 0.25) is 0 Å². The van der Waals surface area contributed by atoms with Crippen LogP contribution in [0.15, 0.2) is 18.2 Å². The Balaban J connectivity index is 0.00000169. The van der Waals surface area contributed by atoms with Gasteiger partial charge in [-0.1, -0.05) is 26.8 Å². The van der Waals surface area contributed by atoms with Crippen molar-refractivity contribution in [2.75, 3.05) is 0 Å². The molecule has 0 bridgehead atoms. The molecule has 0 fully saturated rings. The summed E-state index contributed by atoms with van der Waals surface area (Å²) in [6.45, 7) is 6.19. The van der Waals surface area contributed by atoms with E-state index in [1.807, 2.05) is 6.07 Å². The molecule has 2 nitrogen and oxygen atoms in total. The minimum atomic E-state index is 0. The Bertz CT molecular complexity index is 327. The first-order valence-corrected chi connectivity index (χ1v) is 4.24. The summed E-state index contributed by atoms with van der Waals surface area (Å²) in [6.07, 6.45) is 0.671. The third kappa shape index (κ3) is 3.08. The zero-order valence-electron chi connectivity index (χ0n) is 8.87. The zero-order chi connectivity index (χ0) is 10.1. The number of aromatic hydroxyl groups is 1. The number of hydrogen-bond donors (Lipinski definition) is 1. The van der Waals surface area contributed by atoms with Gasteiger partial charge >= 0.3 is 27.3 Å². The van der Waals surface area contributed by atoms with E-state index in [0.29, 0.717) is 11.8 Å². The number of benzene rings is 1. The Morgan fingerprint density at radius 1 is 1.29 bits per heavy atom. The van der Waals surface area contributed by atoms with Crippen LogP contribution in [0, 0.1) is 0 Å². The molecule has 0 aliphatic carbocycles. The Labute approximate surface area is 104 Å². The maximum absolute atomic E-state index is 10.5. The Kier molecular flexibility index (Phi) is 4.77. The molecule has 0 atom stereocenters. The van der Waals surface area contributed by atoms with E-state index in [9.17, 15) is 9.90 Å². The van der Waals surface area contributed by atoms with Crippen LogP contribution in [0.1, 0.15) is 36.7 Å². The predicted molar refractivity (Wildman–Crippen MR) is 60.7 cm³/mol. The Hall–Kier alpha value is -0.388. The maximum atomic E-state index is 10.5. The van der Waals surface area contributed by atoms with E-state index in [2.05, 4.69) is 20.8 Å². The quantitative estimate of drug-likeness (QED) is 0.587. The van der Waals surface area contributed by atoms with Gasteiger partial charge in [-0.05, 0) is 23.1 Å². The molecule has 1 aromatic carbocycles. The third-order valence-electron chi connectivity index (χ3n) is 2.02. The summed E-state index contributed by atoms with van der Waals surface area (Å²) in [5, 5.41) is 9.27. The van der Waals surface area contributed by atoms with Gasteiger partial charge in [0.15, 0.2) is 6.29 Å². The van der Waals surface area contributed by atoms with Crippen LogP contribution in [0.5, 0.6) is 5.75 Å². The molecule has 0 aliphatic heterocycles. The van der Waals surface area contributed by atoms with Gasteiger partial charge in [-0.25, -0.2) is 0 Å². The van der Waals surface area contributed by atoms with E-state index < -0.39 is 0 Å². The second-order valence-corrected chi connectivity index (χ2v) is 4.14. The standard InChI is InChI=1S/C11H14O2.Pb.2H/c1-11(2,3)9-4-5-10(13)8(6-9)7-12;;;/h4-7,13H,1-3H3;;;. The van der Waals surface area contributed by atoms with Crippen molar-refractivity contribution >= 4 is 33.6 Å². The first-order valence-electron chi connectivity index (χ1n) is 4.24. The van der Waals surface area contributed by atoms with Crippen LogP contribution in [0.4, 0.5) is 0 Å². The molecule has 14 heavy (non-hydrogen) atoms. The van der Waals surface area contributed by atoms with E-state index in [1.165, 1.54) is 0 Å². The van der Waals surface area contributed by atoms with Gasteiger partial charge in [0.05, 0.1) is 5.56 Å². The summed E-state index contributed by atoms with van der Waals surface area (Å²) < 4.78 is 0. The number of carbonyl (C=O) groups excluding carboxylic acids is 1. The van der Waals surface area contributed by atoms with Gasteiger partial charge in [0.25, 0.3) is 0 Å². The fraction of sp³-hybridized carbons (Fsp3) is 0.364. The predicted octanol–water partition coefficient (Wildman–Crippen LogP) is 1.59. The summed E-state index contributed by atoms with van der Waals surface area (Å²) in [5.41, 5.74) is 1.41. The number of hydrogen-bond acceptors (Lipinski definition) is 2. The number of carbonyl (C=O) groups is 1. The Morgan fingerprint density at radius 2 is 1.86 bits per heavy atom. The molecule has 2 radical (unpaired) electrons. The molecule has 76 valence electrons. The van der Waals surface area contributed by atoms with Crippen LogP contribution in [-0.4, -0.2) is 38.7 Å². The average molecular weight is 387 g/mol. The molecule has 0 aromatic heterocycles.